The van der Waals surface area contributed by atoms with Gasteiger partial charge in [0.1, 0.15) is 5.75 Å². The molecule has 1 saturated heterocycles. The molecule has 2 fully saturated rings. The van der Waals surface area contributed by atoms with Crippen molar-refractivity contribution in [1.29, 1.82) is 0 Å². The molecule has 5 nitrogen and oxygen atoms in total. The van der Waals surface area contributed by atoms with Crippen LogP contribution in [0.25, 0.3) is 0 Å². The van der Waals surface area contributed by atoms with Gasteiger partial charge in [-0.25, -0.2) is 4.79 Å². The molecule has 0 spiro atoms. The van der Waals surface area contributed by atoms with Crippen LogP contribution in [0.5, 0.6) is 5.75 Å². The first-order valence-electron chi connectivity index (χ1n) is 8.41. The van der Waals surface area contributed by atoms with Gasteiger partial charge in [0.2, 0.25) is 0 Å². The van der Waals surface area contributed by atoms with E-state index in [1.165, 1.54) is 37.8 Å². The van der Waals surface area contributed by atoms with Crippen molar-refractivity contribution in [2.45, 2.75) is 44.6 Å². The van der Waals surface area contributed by atoms with E-state index in [0.717, 1.165) is 19.4 Å². The summed E-state index contributed by atoms with van der Waals surface area (Å²) in [5.74, 6) is -0.0587. The van der Waals surface area contributed by atoms with E-state index < -0.39 is 5.97 Å². The Bertz CT molecular complexity index is 584. The van der Waals surface area contributed by atoms with E-state index in [1.807, 2.05) is 4.90 Å². The van der Waals surface area contributed by atoms with Crippen LogP contribution < -0.4 is 0 Å². The molecule has 1 saturated carbocycles. The quantitative estimate of drug-likeness (QED) is 0.871. The molecule has 0 unspecified atom stereocenters. The molecule has 3 rings (SSSR count). The summed E-state index contributed by atoms with van der Waals surface area (Å²) in [5, 5.41) is 9.39. The predicted octanol–water partition coefficient (Wildman–Crippen LogP) is 2.73. The molecule has 0 bridgehead atoms. The van der Waals surface area contributed by atoms with Crippen LogP contribution in [0.4, 0.5) is 0 Å². The second-order valence-corrected chi connectivity index (χ2v) is 6.47. The number of benzene rings is 1. The summed E-state index contributed by atoms with van der Waals surface area (Å²) in [4.78, 5) is 26.3. The van der Waals surface area contributed by atoms with Crippen LogP contribution in [-0.2, 0) is 9.53 Å². The Morgan fingerprint density at radius 1 is 1.17 bits per heavy atom. The molecule has 1 aromatic rings. The number of aromatic hydroxyl groups is 1. The lowest BCUT2D eigenvalue weighted by Crippen LogP contribution is -2.50. The number of amides is 1. The average Bonchev–Trinajstić information content (AvgIpc) is 2.59. The average molecular weight is 317 g/mol. The molecule has 1 amide bonds. The molecule has 5 heteroatoms. The number of nitrogens with zero attached hydrogens (tertiary/aromatic N) is 1. The molecule has 2 aliphatic rings. The maximum absolute atomic E-state index is 12.5. The molecule has 0 aromatic heterocycles. The number of fused-ring (bicyclic) bond motifs is 1. The minimum Gasteiger partial charge on any atom is -0.508 e. The molecular weight excluding hydrogens is 294 g/mol. The number of esters is 1. The second-order valence-electron chi connectivity index (χ2n) is 6.47. The van der Waals surface area contributed by atoms with Crippen LogP contribution in [0.3, 0.4) is 0 Å². The zero-order chi connectivity index (χ0) is 16.2. The van der Waals surface area contributed by atoms with Gasteiger partial charge in [-0.1, -0.05) is 18.9 Å². The standard InChI is InChI=1S/C18H23NO4/c20-15-8-3-6-14(11-15)18(22)23-12-17(21)19-10-4-7-13-5-1-2-9-16(13)19/h3,6,8,11,13,16,20H,1-2,4-5,7,9-10,12H2/t13-,16+/m1/s1. The van der Waals surface area contributed by atoms with Crippen molar-refractivity contribution in [2.75, 3.05) is 13.2 Å². The number of carbonyl (C=O) groups excluding carboxylic acids is 2. The topological polar surface area (TPSA) is 66.8 Å². The van der Waals surface area contributed by atoms with Crippen LogP contribution in [0, 0.1) is 5.92 Å². The first-order valence-corrected chi connectivity index (χ1v) is 8.41. The highest BCUT2D eigenvalue weighted by atomic mass is 16.5. The van der Waals surface area contributed by atoms with Gasteiger partial charge in [0.15, 0.2) is 6.61 Å². The van der Waals surface area contributed by atoms with E-state index in [9.17, 15) is 14.7 Å². The minimum atomic E-state index is -0.577. The summed E-state index contributed by atoms with van der Waals surface area (Å²) in [6, 6.07) is 6.28. The Hall–Kier alpha value is -2.04. The lowest BCUT2D eigenvalue weighted by atomic mass is 9.78. The van der Waals surface area contributed by atoms with E-state index >= 15 is 0 Å². The van der Waals surface area contributed by atoms with E-state index in [0.29, 0.717) is 12.0 Å². The number of phenolic OH excluding ortho intramolecular Hbond substituents is 1. The lowest BCUT2D eigenvalue weighted by Gasteiger charge is -2.44. The largest absolute Gasteiger partial charge is 0.508 e. The maximum Gasteiger partial charge on any atom is 0.338 e. The number of piperidine rings is 1. The zero-order valence-electron chi connectivity index (χ0n) is 13.2. The fraction of sp³-hybridized carbons (Fsp3) is 0.556. The third kappa shape index (κ3) is 3.66. The Morgan fingerprint density at radius 3 is 2.78 bits per heavy atom. The van der Waals surface area contributed by atoms with Crippen LogP contribution in [0.1, 0.15) is 48.9 Å². The normalized spacial score (nSPS) is 23.9. The number of hydrogen-bond acceptors (Lipinski definition) is 4. The third-order valence-electron chi connectivity index (χ3n) is 4.97. The highest BCUT2D eigenvalue weighted by Crippen LogP contribution is 2.35. The number of hydrogen-bond donors (Lipinski definition) is 1. The SMILES string of the molecule is O=C(OCC(=O)N1CCC[C@H]2CCCC[C@@H]21)c1cccc(O)c1. The lowest BCUT2D eigenvalue weighted by molar-refractivity contribution is -0.140. The van der Waals surface area contributed by atoms with Gasteiger partial charge in [0.05, 0.1) is 5.56 Å². The van der Waals surface area contributed by atoms with E-state index in [2.05, 4.69) is 0 Å². The monoisotopic (exact) mass is 317 g/mol. The highest BCUT2D eigenvalue weighted by Gasteiger charge is 2.35. The van der Waals surface area contributed by atoms with Crippen molar-refractivity contribution in [2.24, 2.45) is 5.92 Å². The molecule has 1 aliphatic heterocycles. The second kappa shape index (κ2) is 7.02. The van der Waals surface area contributed by atoms with Gasteiger partial charge in [-0.05, 0) is 49.8 Å². The number of rotatable bonds is 3. The molecule has 1 aromatic carbocycles. The molecule has 124 valence electrons. The van der Waals surface area contributed by atoms with Crippen LogP contribution in [-0.4, -0.2) is 41.1 Å². The molecule has 0 radical (unpaired) electrons. The number of carbonyl (C=O) groups is 2. The molecular formula is C18H23NO4. The van der Waals surface area contributed by atoms with E-state index in [4.69, 9.17) is 4.74 Å². The summed E-state index contributed by atoms with van der Waals surface area (Å²) >= 11 is 0. The van der Waals surface area contributed by atoms with E-state index in [1.54, 1.807) is 12.1 Å². The summed E-state index contributed by atoms with van der Waals surface area (Å²) in [7, 11) is 0. The van der Waals surface area contributed by atoms with Gasteiger partial charge in [0.25, 0.3) is 5.91 Å². The zero-order valence-corrected chi connectivity index (χ0v) is 13.2. The summed E-state index contributed by atoms with van der Waals surface area (Å²) in [6.07, 6.45) is 6.95. The van der Waals surface area contributed by atoms with E-state index in [-0.39, 0.29) is 23.8 Å². The Balaban J connectivity index is 1.57. The maximum atomic E-state index is 12.5. The molecule has 2 atom stereocenters. The van der Waals surface area contributed by atoms with Crippen molar-refractivity contribution in [3.8, 4) is 5.75 Å². The fourth-order valence-electron chi connectivity index (χ4n) is 3.86. The van der Waals surface area contributed by atoms with Gasteiger partial charge < -0.3 is 14.7 Å². The molecule has 23 heavy (non-hydrogen) atoms. The third-order valence-corrected chi connectivity index (χ3v) is 4.97. The first kappa shape index (κ1) is 15.8. The highest BCUT2D eigenvalue weighted by molar-refractivity contribution is 5.91. The molecule has 1 aliphatic carbocycles. The van der Waals surface area contributed by atoms with Gasteiger partial charge in [-0.15, -0.1) is 0 Å². The van der Waals surface area contributed by atoms with Crippen molar-refractivity contribution < 1.29 is 19.4 Å². The smallest absolute Gasteiger partial charge is 0.338 e. The fourth-order valence-corrected chi connectivity index (χ4v) is 3.86. The number of ether oxygens (including phenoxy) is 1. The van der Waals surface area contributed by atoms with Crippen molar-refractivity contribution in [1.82, 2.24) is 4.90 Å². The minimum absolute atomic E-state index is 0.00635. The first-order chi connectivity index (χ1) is 11.1. The number of phenols is 1. The van der Waals surface area contributed by atoms with Crippen LogP contribution in [0.15, 0.2) is 24.3 Å². The van der Waals surface area contributed by atoms with Gasteiger partial charge >= 0.3 is 5.97 Å². The van der Waals surface area contributed by atoms with Crippen LogP contribution >= 0.6 is 0 Å². The van der Waals surface area contributed by atoms with Crippen molar-refractivity contribution >= 4 is 11.9 Å². The molecule has 1 N–H and O–H groups in total. The summed E-state index contributed by atoms with van der Waals surface area (Å²) in [5.41, 5.74) is 0.256. The van der Waals surface area contributed by atoms with Gasteiger partial charge in [-0.3, -0.25) is 4.79 Å². The predicted molar refractivity (Wildman–Crippen MR) is 85.1 cm³/mol. The number of likely N-dealkylation sites (tertiary alicyclic amines) is 1. The van der Waals surface area contributed by atoms with Crippen LogP contribution in [0.2, 0.25) is 0 Å². The Kier molecular flexibility index (Phi) is 4.84. The Morgan fingerprint density at radius 2 is 1.96 bits per heavy atom. The Labute approximate surface area is 136 Å². The molecule has 1 heterocycles. The van der Waals surface area contributed by atoms with Crippen molar-refractivity contribution in [3.05, 3.63) is 29.8 Å². The van der Waals surface area contributed by atoms with Crippen molar-refractivity contribution in [3.63, 3.8) is 0 Å². The summed E-state index contributed by atoms with van der Waals surface area (Å²) in [6.45, 7) is 0.543. The summed E-state index contributed by atoms with van der Waals surface area (Å²) < 4.78 is 5.14. The van der Waals surface area contributed by atoms with Gasteiger partial charge in [0, 0.05) is 12.6 Å². The van der Waals surface area contributed by atoms with Gasteiger partial charge in [-0.2, -0.15) is 0 Å².